The monoisotopic (exact) mass is 204 g/mol. The Labute approximate surface area is 86.1 Å². The van der Waals surface area contributed by atoms with Crippen molar-refractivity contribution < 1.29 is 19.0 Å². The van der Waals surface area contributed by atoms with Crippen molar-refractivity contribution in [3.8, 4) is 17.2 Å². The number of carbonyl (C=O) groups is 1. The average molecular weight is 204 g/mol. The maximum absolute atomic E-state index is 11.1. The third-order valence-electron chi connectivity index (χ3n) is 2.30. The summed E-state index contributed by atoms with van der Waals surface area (Å²) in [5, 5.41) is 0. The highest BCUT2D eigenvalue weighted by molar-refractivity contribution is 5.81. The summed E-state index contributed by atoms with van der Waals surface area (Å²) in [6.45, 7) is 0.511. The highest BCUT2D eigenvalue weighted by Gasteiger charge is 2.24. The zero-order valence-corrected chi connectivity index (χ0v) is 7.86. The molecule has 15 heavy (non-hydrogen) atoms. The first-order valence-corrected chi connectivity index (χ1v) is 4.64. The van der Waals surface area contributed by atoms with Gasteiger partial charge in [-0.05, 0) is 24.3 Å². The van der Waals surface area contributed by atoms with Gasteiger partial charge in [0.25, 0.3) is 0 Å². The number of hydrogen-bond acceptors (Lipinski definition) is 4. The van der Waals surface area contributed by atoms with Crippen molar-refractivity contribution in [2.75, 3.05) is 13.2 Å². The Morgan fingerprint density at radius 3 is 2.93 bits per heavy atom. The molecule has 0 saturated carbocycles. The average Bonchev–Trinajstić information content (AvgIpc) is 2.29. The van der Waals surface area contributed by atoms with Gasteiger partial charge in [0.05, 0.1) is 5.56 Å². The van der Waals surface area contributed by atoms with Gasteiger partial charge in [-0.15, -0.1) is 0 Å². The molecule has 4 heteroatoms. The van der Waals surface area contributed by atoms with Gasteiger partial charge in [-0.1, -0.05) is 0 Å². The summed E-state index contributed by atoms with van der Waals surface area (Å²) in [5.74, 6) is 1.38. The van der Waals surface area contributed by atoms with Crippen LogP contribution in [0.2, 0.25) is 0 Å². The Morgan fingerprint density at radius 2 is 2.00 bits per heavy atom. The molecule has 3 rings (SSSR count). The van der Waals surface area contributed by atoms with Crippen molar-refractivity contribution in [1.82, 2.24) is 0 Å². The fourth-order valence-electron chi connectivity index (χ4n) is 1.65. The largest absolute Gasteiger partial charge is 0.489 e. The number of ether oxygens (including phenoxy) is 3. The van der Waals surface area contributed by atoms with E-state index in [1.165, 1.54) is 0 Å². The predicted molar refractivity (Wildman–Crippen MR) is 52.1 cm³/mol. The van der Waals surface area contributed by atoms with E-state index in [0.29, 0.717) is 18.1 Å². The summed E-state index contributed by atoms with van der Waals surface area (Å²) < 4.78 is 15.8. The lowest BCUT2D eigenvalue weighted by Crippen LogP contribution is -2.23. The summed E-state index contributed by atoms with van der Waals surface area (Å²) in [6.07, 6.45) is 3.74. The minimum atomic E-state index is -0.380. The second-order valence-corrected chi connectivity index (χ2v) is 3.28. The van der Waals surface area contributed by atoms with Crippen LogP contribution >= 0.6 is 0 Å². The zero-order valence-electron chi connectivity index (χ0n) is 7.86. The molecule has 0 radical (unpaired) electrons. The summed E-state index contributed by atoms with van der Waals surface area (Å²) in [6, 6.07) is 3.57. The highest BCUT2D eigenvalue weighted by Crippen LogP contribution is 2.41. The first-order chi connectivity index (χ1) is 7.34. The van der Waals surface area contributed by atoms with E-state index >= 15 is 0 Å². The highest BCUT2D eigenvalue weighted by atomic mass is 16.6. The first-order valence-electron chi connectivity index (χ1n) is 4.64. The smallest absolute Gasteiger partial charge is 0.349 e. The molecule has 1 aromatic rings. The van der Waals surface area contributed by atoms with E-state index in [1.807, 2.05) is 18.2 Å². The van der Waals surface area contributed by atoms with Gasteiger partial charge in [0, 0.05) is 0 Å². The van der Waals surface area contributed by atoms with Gasteiger partial charge in [-0.25, -0.2) is 4.79 Å². The molecule has 2 heterocycles. The van der Waals surface area contributed by atoms with E-state index in [9.17, 15) is 4.79 Å². The van der Waals surface area contributed by atoms with Crippen LogP contribution in [0.3, 0.4) is 0 Å². The molecule has 0 amide bonds. The molecule has 2 aliphatic heterocycles. The number of carbonyl (C=O) groups excluding carboxylic acids is 1. The Hall–Kier alpha value is -1.97. The number of hydrogen-bond donors (Lipinski definition) is 0. The van der Waals surface area contributed by atoms with Crippen molar-refractivity contribution in [3.05, 3.63) is 23.8 Å². The van der Waals surface area contributed by atoms with Crippen LogP contribution in [0.5, 0.6) is 17.2 Å². The van der Waals surface area contributed by atoms with E-state index in [4.69, 9.17) is 14.2 Å². The maximum Gasteiger partial charge on any atom is 0.349 e. The number of esters is 1. The van der Waals surface area contributed by atoms with Gasteiger partial charge in [0.15, 0.2) is 18.1 Å². The molecule has 0 spiro atoms. The lowest BCUT2D eigenvalue weighted by molar-refractivity contribution is -0.138. The normalized spacial score (nSPS) is 16.9. The Morgan fingerprint density at radius 1 is 1.13 bits per heavy atom. The summed E-state index contributed by atoms with van der Waals surface area (Å²) in [7, 11) is 0. The molecule has 4 nitrogen and oxygen atoms in total. The summed E-state index contributed by atoms with van der Waals surface area (Å²) >= 11 is 0. The molecule has 0 fully saturated rings. The van der Waals surface area contributed by atoms with Crippen LogP contribution in [0.4, 0.5) is 0 Å². The molecule has 76 valence electrons. The quantitative estimate of drug-likeness (QED) is 0.473. The van der Waals surface area contributed by atoms with Crippen molar-refractivity contribution in [2.45, 2.75) is 0 Å². The minimum Gasteiger partial charge on any atom is -0.489 e. The van der Waals surface area contributed by atoms with Crippen LogP contribution in [0.1, 0.15) is 5.56 Å². The SMILES string of the molecule is O=C1COc2ccc3c(c2O1)C=CCO3. The van der Waals surface area contributed by atoms with Crippen LogP contribution < -0.4 is 14.2 Å². The molecule has 0 unspecified atom stereocenters. The molecule has 2 aliphatic rings. The lowest BCUT2D eigenvalue weighted by atomic mass is 10.1. The fraction of sp³-hybridized carbons (Fsp3) is 0.182. The Bertz CT molecular complexity index is 462. The fourth-order valence-corrected chi connectivity index (χ4v) is 1.65. The minimum absolute atomic E-state index is 0.0314. The van der Waals surface area contributed by atoms with Crippen LogP contribution in [0.25, 0.3) is 6.08 Å². The number of rotatable bonds is 0. The molecule has 0 saturated heterocycles. The molecule has 1 aromatic carbocycles. The maximum atomic E-state index is 11.1. The number of fused-ring (bicyclic) bond motifs is 3. The van der Waals surface area contributed by atoms with Crippen molar-refractivity contribution in [3.63, 3.8) is 0 Å². The third-order valence-corrected chi connectivity index (χ3v) is 2.30. The second kappa shape index (κ2) is 3.02. The van der Waals surface area contributed by atoms with Crippen LogP contribution in [0.15, 0.2) is 18.2 Å². The summed E-state index contributed by atoms with van der Waals surface area (Å²) in [5.41, 5.74) is 0.770. The third kappa shape index (κ3) is 1.26. The standard InChI is InChI=1S/C11H8O4/c12-10-6-14-9-4-3-8-7(11(9)15-10)2-1-5-13-8/h1-4H,5-6H2. The lowest BCUT2D eigenvalue weighted by Gasteiger charge is -2.21. The first kappa shape index (κ1) is 8.35. The molecule has 0 atom stereocenters. The van der Waals surface area contributed by atoms with Crippen molar-refractivity contribution in [1.29, 1.82) is 0 Å². The number of benzene rings is 1. The summed E-state index contributed by atoms with van der Waals surface area (Å²) in [4.78, 5) is 11.1. The van der Waals surface area contributed by atoms with Gasteiger partial charge in [0.2, 0.25) is 0 Å². The van der Waals surface area contributed by atoms with Crippen molar-refractivity contribution in [2.24, 2.45) is 0 Å². The molecule has 0 aromatic heterocycles. The van der Waals surface area contributed by atoms with E-state index in [-0.39, 0.29) is 12.6 Å². The van der Waals surface area contributed by atoms with Gasteiger partial charge >= 0.3 is 5.97 Å². The van der Waals surface area contributed by atoms with E-state index in [2.05, 4.69) is 0 Å². The van der Waals surface area contributed by atoms with Gasteiger partial charge < -0.3 is 14.2 Å². The van der Waals surface area contributed by atoms with Gasteiger partial charge in [-0.3, -0.25) is 0 Å². The van der Waals surface area contributed by atoms with Gasteiger partial charge in [0.1, 0.15) is 12.4 Å². The topological polar surface area (TPSA) is 44.8 Å². The second-order valence-electron chi connectivity index (χ2n) is 3.28. The van der Waals surface area contributed by atoms with Crippen LogP contribution in [-0.4, -0.2) is 19.2 Å². The molecular formula is C11H8O4. The Balaban J connectivity index is 2.18. The van der Waals surface area contributed by atoms with Crippen molar-refractivity contribution >= 4 is 12.0 Å². The Kier molecular flexibility index (Phi) is 1.68. The van der Waals surface area contributed by atoms with E-state index < -0.39 is 0 Å². The van der Waals surface area contributed by atoms with Crippen LogP contribution in [-0.2, 0) is 4.79 Å². The van der Waals surface area contributed by atoms with E-state index in [0.717, 1.165) is 11.3 Å². The van der Waals surface area contributed by atoms with Gasteiger partial charge in [-0.2, -0.15) is 0 Å². The molecular weight excluding hydrogens is 196 g/mol. The van der Waals surface area contributed by atoms with Crippen LogP contribution in [0, 0.1) is 0 Å². The predicted octanol–water partition coefficient (Wildman–Crippen LogP) is 1.39. The molecule has 0 N–H and O–H groups in total. The molecule has 0 aliphatic carbocycles. The van der Waals surface area contributed by atoms with E-state index in [1.54, 1.807) is 6.07 Å². The molecule has 0 bridgehead atoms. The zero-order chi connectivity index (χ0) is 10.3.